The Morgan fingerprint density at radius 2 is 1.20 bits per heavy atom. The Hall–Kier alpha value is -3.44. The number of phenols is 1. The molecule has 0 heterocycles. The van der Waals surface area contributed by atoms with Crippen molar-refractivity contribution in [1.29, 1.82) is 0 Å². The van der Waals surface area contributed by atoms with Crippen LogP contribution in [-0.4, -0.2) is 32.6 Å². The molecule has 0 amide bonds. The standard InChI is InChI=1S/C50H58O2S2/c1-49(2,3)41-27-39(47(51)43(29-41)37-23-21-33-15-11-13-17-35(33)25-37)31-53-45-19-9-7-8-10-20-46(45)54-32-40-28-42(50(4,5)6)30-44(48(40)52)38-24-22-34-16-12-14-18-36(34)26-38/h11-18,21-30,39,45-47,51-52H,7-10,19-20,31-32H2,1-6H3. The van der Waals surface area contributed by atoms with E-state index in [9.17, 15) is 10.2 Å². The van der Waals surface area contributed by atoms with Crippen molar-refractivity contribution < 1.29 is 10.2 Å². The van der Waals surface area contributed by atoms with Crippen molar-refractivity contribution in [3.8, 4) is 16.9 Å². The second-order valence-electron chi connectivity index (χ2n) is 17.7. The molecular weight excluding hydrogens is 697 g/mol. The number of allylic oxidation sites excluding steroid dienone is 2. The molecular formula is C50H58O2S2. The predicted molar refractivity (Wildman–Crippen MR) is 238 cm³/mol. The van der Waals surface area contributed by atoms with E-state index in [-0.39, 0.29) is 16.7 Å². The molecule has 0 saturated heterocycles. The highest BCUT2D eigenvalue weighted by Crippen LogP contribution is 2.44. The molecule has 0 spiro atoms. The summed E-state index contributed by atoms with van der Waals surface area (Å²) in [6.07, 6.45) is 11.6. The van der Waals surface area contributed by atoms with Crippen molar-refractivity contribution in [2.45, 2.75) is 108 Å². The van der Waals surface area contributed by atoms with Crippen molar-refractivity contribution in [3.05, 3.63) is 131 Å². The lowest BCUT2D eigenvalue weighted by Gasteiger charge is -2.34. The van der Waals surface area contributed by atoms with Crippen LogP contribution in [0.2, 0.25) is 0 Å². The Morgan fingerprint density at radius 3 is 1.81 bits per heavy atom. The Kier molecular flexibility index (Phi) is 11.7. The molecule has 5 aromatic rings. The summed E-state index contributed by atoms with van der Waals surface area (Å²) in [5.41, 5.74) is 7.68. The van der Waals surface area contributed by atoms with Gasteiger partial charge in [0, 0.05) is 39.1 Å². The molecule has 5 aromatic carbocycles. The smallest absolute Gasteiger partial charge is 0.127 e. The van der Waals surface area contributed by atoms with E-state index < -0.39 is 6.10 Å². The van der Waals surface area contributed by atoms with E-state index in [1.165, 1.54) is 71.2 Å². The average Bonchev–Trinajstić information content (AvgIpc) is 3.14. The number of hydrogen-bond donors (Lipinski definition) is 2. The number of aliphatic hydroxyl groups is 1. The van der Waals surface area contributed by atoms with Gasteiger partial charge >= 0.3 is 0 Å². The van der Waals surface area contributed by atoms with E-state index in [1.807, 2.05) is 11.8 Å². The van der Waals surface area contributed by atoms with Crippen LogP contribution in [0, 0.1) is 11.3 Å². The van der Waals surface area contributed by atoms with Crippen molar-refractivity contribution in [3.63, 3.8) is 0 Å². The van der Waals surface area contributed by atoms with Gasteiger partial charge in [0.15, 0.2) is 0 Å². The number of hydrogen-bond acceptors (Lipinski definition) is 4. The minimum atomic E-state index is -0.546. The number of benzene rings is 5. The predicted octanol–water partition coefficient (Wildman–Crippen LogP) is 13.8. The Bertz CT molecular complexity index is 2160. The van der Waals surface area contributed by atoms with E-state index in [0.29, 0.717) is 16.2 Å². The highest BCUT2D eigenvalue weighted by atomic mass is 32.2. The maximum absolute atomic E-state index is 12.0. The lowest BCUT2D eigenvalue weighted by Crippen LogP contribution is -2.30. The lowest BCUT2D eigenvalue weighted by molar-refractivity contribution is 0.193. The molecule has 4 unspecified atom stereocenters. The second kappa shape index (κ2) is 16.3. The molecule has 0 radical (unpaired) electrons. The van der Waals surface area contributed by atoms with Gasteiger partial charge in [-0.1, -0.05) is 158 Å². The van der Waals surface area contributed by atoms with Crippen LogP contribution in [0.25, 0.3) is 38.2 Å². The molecule has 1 saturated carbocycles. The molecule has 282 valence electrons. The van der Waals surface area contributed by atoms with Gasteiger partial charge in [0.05, 0.1) is 6.10 Å². The first-order valence-electron chi connectivity index (χ1n) is 20.0. The molecule has 1 fully saturated rings. The monoisotopic (exact) mass is 754 g/mol. The van der Waals surface area contributed by atoms with E-state index >= 15 is 0 Å². The van der Waals surface area contributed by atoms with Gasteiger partial charge in [0.2, 0.25) is 0 Å². The SMILES string of the molecule is CC(C)(C)C1=CC(CSC2CCCCCCC2SCc2cc(C(C)(C)C)cc(-c3ccc4ccccc4c3)c2O)C(O)C(c2ccc3ccccc3c2)=C1. The second-order valence-corrected chi connectivity index (χ2v) is 20.2. The van der Waals surface area contributed by atoms with Crippen LogP contribution in [0.3, 0.4) is 0 Å². The average molecular weight is 755 g/mol. The van der Waals surface area contributed by atoms with Crippen LogP contribution in [-0.2, 0) is 11.2 Å². The number of phenolic OH excluding ortho intramolecular Hbond substituents is 1. The minimum Gasteiger partial charge on any atom is -0.507 e. The van der Waals surface area contributed by atoms with Crippen LogP contribution in [0.5, 0.6) is 5.75 Å². The fourth-order valence-corrected chi connectivity index (χ4v) is 11.3. The third-order valence-corrected chi connectivity index (χ3v) is 14.8. The fraction of sp³-hybridized carbons (Fsp3) is 0.400. The lowest BCUT2D eigenvalue weighted by atomic mass is 9.76. The van der Waals surface area contributed by atoms with Gasteiger partial charge in [0.1, 0.15) is 5.75 Å². The number of fused-ring (bicyclic) bond motifs is 2. The summed E-state index contributed by atoms with van der Waals surface area (Å²) in [7, 11) is 0. The van der Waals surface area contributed by atoms with E-state index in [4.69, 9.17) is 0 Å². The first-order chi connectivity index (χ1) is 25.8. The third kappa shape index (κ3) is 8.83. The van der Waals surface area contributed by atoms with Crippen LogP contribution in [0.15, 0.2) is 115 Å². The first-order valence-corrected chi connectivity index (χ1v) is 22.1. The molecule has 0 aliphatic heterocycles. The van der Waals surface area contributed by atoms with Crippen LogP contribution >= 0.6 is 23.5 Å². The summed E-state index contributed by atoms with van der Waals surface area (Å²) in [5.74, 6) is 2.14. The van der Waals surface area contributed by atoms with Crippen molar-refractivity contribution >= 4 is 50.6 Å². The molecule has 54 heavy (non-hydrogen) atoms. The summed E-state index contributed by atoms with van der Waals surface area (Å²) in [4.78, 5) is 0. The topological polar surface area (TPSA) is 40.5 Å². The van der Waals surface area contributed by atoms with E-state index in [0.717, 1.165) is 39.3 Å². The van der Waals surface area contributed by atoms with Gasteiger partial charge in [-0.2, -0.15) is 23.5 Å². The van der Waals surface area contributed by atoms with Gasteiger partial charge in [-0.05, 0) is 91.3 Å². The van der Waals surface area contributed by atoms with E-state index in [1.54, 1.807) is 0 Å². The zero-order valence-corrected chi connectivity index (χ0v) is 34.7. The van der Waals surface area contributed by atoms with Gasteiger partial charge in [0.25, 0.3) is 0 Å². The molecule has 2 aliphatic carbocycles. The fourth-order valence-electron chi connectivity index (χ4n) is 8.13. The maximum Gasteiger partial charge on any atom is 0.127 e. The van der Waals surface area contributed by atoms with Gasteiger partial charge in [-0.25, -0.2) is 0 Å². The quantitative estimate of drug-likeness (QED) is 0.165. The number of rotatable bonds is 8. The largest absolute Gasteiger partial charge is 0.507 e. The van der Waals surface area contributed by atoms with Gasteiger partial charge in [-0.3, -0.25) is 0 Å². The van der Waals surface area contributed by atoms with Crippen molar-refractivity contribution in [1.82, 2.24) is 0 Å². The number of aromatic hydroxyl groups is 1. The Balaban J connectivity index is 1.13. The first kappa shape index (κ1) is 38.8. The molecule has 2 N–H and O–H groups in total. The summed E-state index contributed by atoms with van der Waals surface area (Å²) in [6, 6.07) is 34.6. The van der Waals surface area contributed by atoms with Crippen molar-refractivity contribution in [2.24, 2.45) is 11.3 Å². The molecule has 4 atom stereocenters. The third-order valence-electron chi connectivity index (χ3n) is 11.6. The summed E-state index contributed by atoms with van der Waals surface area (Å²) in [5, 5.41) is 29.8. The van der Waals surface area contributed by atoms with Crippen LogP contribution in [0.1, 0.15) is 96.8 Å². The number of aliphatic hydroxyl groups excluding tert-OH is 1. The molecule has 7 rings (SSSR count). The summed E-state index contributed by atoms with van der Waals surface area (Å²) in [6.45, 7) is 13.6. The summed E-state index contributed by atoms with van der Waals surface area (Å²) < 4.78 is 0. The van der Waals surface area contributed by atoms with Crippen molar-refractivity contribution in [2.75, 3.05) is 5.75 Å². The minimum absolute atomic E-state index is 0.0148. The zero-order chi connectivity index (χ0) is 38.0. The van der Waals surface area contributed by atoms with E-state index in [2.05, 4.69) is 163 Å². The normalized spacial score (nSPS) is 21.4. The highest BCUT2D eigenvalue weighted by Gasteiger charge is 2.33. The Morgan fingerprint density at radius 1 is 0.630 bits per heavy atom. The highest BCUT2D eigenvalue weighted by molar-refractivity contribution is 8.03. The molecule has 4 heteroatoms. The Labute approximate surface area is 332 Å². The molecule has 2 aliphatic rings. The van der Waals surface area contributed by atoms with Crippen LogP contribution in [0.4, 0.5) is 0 Å². The maximum atomic E-state index is 12.0. The van der Waals surface area contributed by atoms with Crippen LogP contribution < -0.4 is 0 Å². The van der Waals surface area contributed by atoms with Gasteiger partial charge in [-0.15, -0.1) is 0 Å². The summed E-state index contributed by atoms with van der Waals surface area (Å²) >= 11 is 4.13. The number of thioether (sulfide) groups is 2. The molecule has 0 aromatic heterocycles. The molecule has 2 nitrogen and oxygen atoms in total. The zero-order valence-electron chi connectivity index (χ0n) is 33.1. The van der Waals surface area contributed by atoms with Gasteiger partial charge < -0.3 is 10.2 Å². The molecule has 0 bridgehead atoms.